The maximum Gasteiger partial charge on any atom is 0.238 e. The Morgan fingerprint density at radius 3 is 2.83 bits per heavy atom. The van der Waals surface area contributed by atoms with Crippen LogP contribution in [0.15, 0.2) is 18.3 Å². The van der Waals surface area contributed by atoms with E-state index in [1.54, 1.807) is 11.6 Å². The minimum absolute atomic E-state index is 0.297. The van der Waals surface area contributed by atoms with Crippen LogP contribution >= 0.6 is 0 Å². The lowest BCUT2D eigenvalue weighted by atomic mass is 9.81. The molecule has 1 fully saturated rings. The van der Waals surface area contributed by atoms with Crippen LogP contribution in [-0.4, -0.2) is 21.7 Å². The Morgan fingerprint density at radius 1 is 1.33 bits per heavy atom. The molecule has 0 bridgehead atoms. The number of nitrogens with two attached hydrogens (primary N) is 1. The number of rotatable bonds is 2. The quantitative estimate of drug-likeness (QED) is 0.881. The van der Waals surface area contributed by atoms with Crippen molar-refractivity contribution < 1.29 is 4.74 Å². The molecule has 1 aliphatic rings. The van der Waals surface area contributed by atoms with Crippen molar-refractivity contribution in [2.75, 3.05) is 12.8 Å². The zero-order chi connectivity index (χ0) is 12.6. The molecule has 0 aromatic carbocycles. The number of fused-ring (bicyclic) bond motifs is 1. The molecule has 5 nitrogen and oxygen atoms in total. The fourth-order valence-corrected chi connectivity index (χ4v) is 2.95. The first kappa shape index (κ1) is 11.5. The van der Waals surface area contributed by atoms with Gasteiger partial charge in [-0.3, -0.25) is 0 Å². The van der Waals surface area contributed by atoms with Crippen molar-refractivity contribution in [2.24, 2.45) is 0 Å². The SMILES string of the molecule is COC1(c2nc(N)nn3cccc23)CCCCC1. The second-order valence-electron chi connectivity index (χ2n) is 4.92. The topological polar surface area (TPSA) is 65.4 Å². The molecule has 0 aliphatic heterocycles. The summed E-state index contributed by atoms with van der Waals surface area (Å²) in [6.07, 6.45) is 7.50. The highest BCUT2D eigenvalue weighted by molar-refractivity contribution is 5.55. The van der Waals surface area contributed by atoms with Crippen LogP contribution in [0, 0.1) is 0 Å². The maximum absolute atomic E-state index is 5.84. The Morgan fingerprint density at radius 2 is 2.11 bits per heavy atom. The molecule has 1 saturated carbocycles. The summed E-state index contributed by atoms with van der Waals surface area (Å²) in [6.45, 7) is 0. The number of methoxy groups -OCH3 is 1. The molecule has 0 saturated heterocycles. The highest BCUT2D eigenvalue weighted by Crippen LogP contribution is 2.40. The molecular formula is C13H18N4O. The fourth-order valence-electron chi connectivity index (χ4n) is 2.95. The molecule has 0 radical (unpaired) electrons. The molecule has 2 aromatic heterocycles. The zero-order valence-corrected chi connectivity index (χ0v) is 10.6. The van der Waals surface area contributed by atoms with E-state index in [1.807, 2.05) is 18.3 Å². The molecule has 2 heterocycles. The normalized spacial score (nSPS) is 19.2. The number of hydrogen-bond acceptors (Lipinski definition) is 4. The molecule has 2 N–H and O–H groups in total. The lowest BCUT2D eigenvalue weighted by molar-refractivity contribution is -0.0469. The van der Waals surface area contributed by atoms with Gasteiger partial charge in [-0.2, -0.15) is 0 Å². The number of nitrogens with zero attached hydrogens (tertiary/aromatic N) is 3. The molecule has 0 amide bonds. The first-order valence-electron chi connectivity index (χ1n) is 6.42. The standard InChI is InChI=1S/C13H18N4O/c1-18-13(7-3-2-4-8-13)11-10-6-5-9-17(10)16-12(14)15-11/h5-6,9H,2-4,7-8H2,1H3,(H2,14,16). The van der Waals surface area contributed by atoms with Gasteiger partial charge in [-0.25, -0.2) is 9.50 Å². The van der Waals surface area contributed by atoms with Gasteiger partial charge in [0.25, 0.3) is 0 Å². The monoisotopic (exact) mass is 246 g/mol. The molecule has 96 valence electrons. The third-order valence-corrected chi connectivity index (χ3v) is 3.89. The van der Waals surface area contributed by atoms with Gasteiger partial charge < -0.3 is 10.5 Å². The largest absolute Gasteiger partial charge is 0.372 e. The van der Waals surface area contributed by atoms with Crippen LogP contribution in [0.4, 0.5) is 5.95 Å². The first-order chi connectivity index (χ1) is 8.75. The van der Waals surface area contributed by atoms with Crippen molar-refractivity contribution in [3.05, 3.63) is 24.0 Å². The van der Waals surface area contributed by atoms with Gasteiger partial charge in [0.2, 0.25) is 5.95 Å². The van der Waals surface area contributed by atoms with Crippen molar-refractivity contribution in [3.8, 4) is 0 Å². The van der Waals surface area contributed by atoms with Crippen LogP contribution in [0.1, 0.15) is 37.8 Å². The molecule has 0 spiro atoms. The van der Waals surface area contributed by atoms with Gasteiger partial charge in [-0.1, -0.05) is 19.3 Å². The minimum atomic E-state index is -0.297. The van der Waals surface area contributed by atoms with Crippen molar-refractivity contribution >= 4 is 11.5 Å². The smallest absolute Gasteiger partial charge is 0.238 e. The van der Waals surface area contributed by atoms with Gasteiger partial charge in [0.15, 0.2) is 0 Å². The fraction of sp³-hybridized carbons (Fsp3) is 0.538. The summed E-state index contributed by atoms with van der Waals surface area (Å²) >= 11 is 0. The van der Waals surface area contributed by atoms with E-state index in [0.717, 1.165) is 24.1 Å². The predicted octanol–water partition coefficient (Wildman–Crippen LogP) is 2.12. The van der Waals surface area contributed by atoms with Crippen molar-refractivity contribution in [1.82, 2.24) is 14.6 Å². The summed E-state index contributed by atoms with van der Waals surface area (Å²) in [6, 6.07) is 3.98. The van der Waals surface area contributed by atoms with Crippen molar-refractivity contribution in [2.45, 2.75) is 37.7 Å². The van der Waals surface area contributed by atoms with E-state index in [-0.39, 0.29) is 5.60 Å². The number of hydrogen-bond donors (Lipinski definition) is 1. The van der Waals surface area contributed by atoms with Crippen LogP contribution in [0.25, 0.3) is 5.52 Å². The molecule has 2 aromatic rings. The summed E-state index contributed by atoms with van der Waals surface area (Å²) in [7, 11) is 1.77. The summed E-state index contributed by atoms with van der Waals surface area (Å²) in [4.78, 5) is 4.46. The van der Waals surface area contributed by atoms with E-state index in [9.17, 15) is 0 Å². The van der Waals surface area contributed by atoms with Gasteiger partial charge in [0.1, 0.15) is 11.3 Å². The molecule has 0 atom stereocenters. The second-order valence-corrected chi connectivity index (χ2v) is 4.92. The van der Waals surface area contributed by atoms with Gasteiger partial charge in [-0.15, -0.1) is 5.10 Å². The third kappa shape index (κ3) is 1.66. The molecule has 5 heteroatoms. The van der Waals surface area contributed by atoms with Crippen molar-refractivity contribution in [3.63, 3.8) is 0 Å². The maximum atomic E-state index is 5.84. The number of nitrogen functional groups attached to an aromatic ring is 1. The van der Waals surface area contributed by atoms with Crippen molar-refractivity contribution in [1.29, 1.82) is 0 Å². The predicted molar refractivity (Wildman–Crippen MR) is 69.2 cm³/mol. The third-order valence-electron chi connectivity index (χ3n) is 3.89. The lowest BCUT2D eigenvalue weighted by Crippen LogP contribution is -2.33. The Kier molecular flexibility index (Phi) is 2.70. The van der Waals surface area contributed by atoms with E-state index in [4.69, 9.17) is 10.5 Å². The van der Waals surface area contributed by atoms with E-state index in [0.29, 0.717) is 5.95 Å². The molecular weight excluding hydrogens is 228 g/mol. The summed E-state index contributed by atoms with van der Waals surface area (Å²) < 4.78 is 7.62. The van der Waals surface area contributed by atoms with Crippen LogP contribution in [0.5, 0.6) is 0 Å². The van der Waals surface area contributed by atoms with Crippen LogP contribution in [0.3, 0.4) is 0 Å². The average molecular weight is 246 g/mol. The summed E-state index contributed by atoms with van der Waals surface area (Å²) in [5.41, 5.74) is 7.43. The zero-order valence-electron chi connectivity index (χ0n) is 10.6. The van der Waals surface area contributed by atoms with Crippen LogP contribution in [0.2, 0.25) is 0 Å². The Bertz CT molecular complexity index is 557. The Labute approximate surface area is 106 Å². The summed E-state index contributed by atoms with van der Waals surface area (Å²) in [5.74, 6) is 0.302. The number of anilines is 1. The van der Waals surface area contributed by atoms with E-state index < -0.39 is 0 Å². The highest BCUT2D eigenvalue weighted by atomic mass is 16.5. The van der Waals surface area contributed by atoms with Crippen LogP contribution in [-0.2, 0) is 10.3 Å². The van der Waals surface area contributed by atoms with Crippen LogP contribution < -0.4 is 5.73 Å². The number of ether oxygens (including phenoxy) is 1. The minimum Gasteiger partial charge on any atom is -0.372 e. The average Bonchev–Trinajstić information content (AvgIpc) is 2.86. The Balaban J connectivity index is 2.19. The van der Waals surface area contributed by atoms with Gasteiger partial charge >= 0.3 is 0 Å². The van der Waals surface area contributed by atoms with Gasteiger partial charge in [0, 0.05) is 13.3 Å². The second kappa shape index (κ2) is 4.24. The van der Waals surface area contributed by atoms with Gasteiger partial charge in [0.05, 0.1) is 5.52 Å². The number of aromatic nitrogens is 3. The molecule has 18 heavy (non-hydrogen) atoms. The lowest BCUT2D eigenvalue weighted by Gasteiger charge is -2.35. The van der Waals surface area contributed by atoms with E-state index >= 15 is 0 Å². The molecule has 0 unspecified atom stereocenters. The van der Waals surface area contributed by atoms with E-state index in [2.05, 4.69) is 10.1 Å². The van der Waals surface area contributed by atoms with E-state index in [1.165, 1.54) is 19.3 Å². The highest BCUT2D eigenvalue weighted by Gasteiger charge is 2.37. The molecule has 1 aliphatic carbocycles. The molecule has 3 rings (SSSR count). The summed E-state index contributed by atoms with van der Waals surface area (Å²) in [5, 5.41) is 4.18. The Hall–Kier alpha value is -1.62. The first-order valence-corrected chi connectivity index (χ1v) is 6.42. The van der Waals surface area contributed by atoms with Gasteiger partial charge in [-0.05, 0) is 25.0 Å².